The molecule has 1 unspecified atom stereocenters. The second kappa shape index (κ2) is 6.64. The number of amides is 2. The number of nitrogens with two attached hydrogens (primary N) is 1. The molecule has 2 aromatic rings. The molecule has 24 heavy (non-hydrogen) atoms. The number of fused-ring (bicyclic) bond motifs is 1. The lowest BCUT2D eigenvalue weighted by atomic mass is 9.87. The smallest absolute Gasteiger partial charge is 0.259 e. The Labute approximate surface area is 151 Å². The van der Waals surface area contributed by atoms with Crippen LogP contribution in [-0.2, 0) is 12.8 Å². The third-order valence-electron chi connectivity index (χ3n) is 4.16. The molecule has 1 heterocycles. The monoisotopic (exact) mass is 410 g/mol. The van der Waals surface area contributed by atoms with E-state index in [2.05, 4.69) is 28.2 Å². The molecule has 1 aliphatic rings. The van der Waals surface area contributed by atoms with E-state index < -0.39 is 17.6 Å². The summed E-state index contributed by atoms with van der Waals surface area (Å²) in [7, 11) is 0. The first kappa shape index (κ1) is 17.1. The largest absolute Gasteiger partial charge is 0.365 e. The van der Waals surface area contributed by atoms with E-state index in [1.165, 1.54) is 23.5 Å². The molecule has 0 radical (unpaired) electrons. The molecule has 0 aliphatic heterocycles. The molecule has 1 atom stereocenters. The van der Waals surface area contributed by atoms with Crippen LogP contribution in [0.1, 0.15) is 44.5 Å². The van der Waals surface area contributed by atoms with Crippen molar-refractivity contribution in [1.82, 2.24) is 0 Å². The first-order chi connectivity index (χ1) is 11.4. The number of nitrogens with one attached hydrogen (secondary N) is 1. The van der Waals surface area contributed by atoms with E-state index in [0.29, 0.717) is 21.0 Å². The van der Waals surface area contributed by atoms with Crippen LogP contribution in [0.4, 0.5) is 9.39 Å². The summed E-state index contributed by atoms with van der Waals surface area (Å²) in [5.41, 5.74) is 6.75. The number of rotatable bonds is 3. The number of aryl methyl sites for hydroxylation is 1. The van der Waals surface area contributed by atoms with Crippen LogP contribution in [0.15, 0.2) is 22.7 Å². The maximum atomic E-state index is 14.0. The average molecular weight is 411 g/mol. The molecule has 4 nitrogen and oxygen atoms in total. The van der Waals surface area contributed by atoms with Gasteiger partial charge in [0, 0.05) is 9.35 Å². The van der Waals surface area contributed by atoms with E-state index in [9.17, 15) is 14.0 Å². The van der Waals surface area contributed by atoms with Crippen molar-refractivity contribution in [2.24, 2.45) is 11.7 Å². The van der Waals surface area contributed by atoms with Gasteiger partial charge in [0.25, 0.3) is 11.8 Å². The lowest BCUT2D eigenvalue weighted by Gasteiger charge is -2.18. The number of anilines is 1. The van der Waals surface area contributed by atoms with Gasteiger partial charge in [-0.15, -0.1) is 11.3 Å². The highest BCUT2D eigenvalue weighted by Gasteiger charge is 2.27. The highest BCUT2D eigenvalue weighted by molar-refractivity contribution is 9.10. The van der Waals surface area contributed by atoms with E-state index in [1.54, 1.807) is 6.07 Å². The normalized spacial score (nSPS) is 16.5. The van der Waals surface area contributed by atoms with Crippen LogP contribution >= 0.6 is 27.3 Å². The molecule has 2 amide bonds. The van der Waals surface area contributed by atoms with Gasteiger partial charge in [0.05, 0.1) is 11.1 Å². The molecule has 126 valence electrons. The Morgan fingerprint density at radius 2 is 2.17 bits per heavy atom. The van der Waals surface area contributed by atoms with Crippen molar-refractivity contribution in [3.05, 3.63) is 50.1 Å². The minimum Gasteiger partial charge on any atom is -0.365 e. The van der Waals surface area contributed by atoms with Crippen LogP contribution in [-0.4, -0.2) is 11.8 Å². The fourth-order valence-corrected chi connectivity index (χ4v) is 4.53. The van der Waals surface area contributed by atoms with Crippen LogP contribution in [0.25, 0.3) is 0 Å². The second-order valence-corrected chi connectivity index (χ2v) is 8.02. The van der Waals surface area contributed by atoms with Gasteiger partial charge in [-0.2, -0.15) is 0 Å². The molecule has 0 bridgehead atoms. The van der Waals surface area contributed by atoms with Gasteiger partial charge in [-0.1, -0.05) is 22.9 Å². The zero-order valence-electron chi connectivity index (χ0n) is 13.0. The quantitative estimate of drug-likeness (QED) is 0.798. The number of carbonyl (C=O) groups excluding carboxylic acids is 2. The molecule has 0 fully saturated rings. The summed E-state index contributed by atoms with van der Waals surface area (Å²) in [5, 5.41) is 3.07. The van der Waals surface area contributed by atoms with Gasteiger partial charge in [-0.3, -0.25) is 9.59 Å². The standard InChI is InChI=1S/C17H16BrFN2O2S/c1-8-2-5-13-11(6-8)14(15(20)22)17(24-13)21-16(23)10-4-3-9(18)7-12(10)19/h3-4,7-8H,2,5-6H2,1H3,(H2,20,22)(H,21,23). The number of benzene rings is 1. The SMILES string of the molecule is CC1CCc2sc(NC(=O)c3ccc(Br)cc3F)c(C(N)=O)c2C1. The number of hydrogen-bond acceptors (Lipinski definition) is 3. The van der Waals surface area contributed by atoms with Crippen molar-refractivity contribution in [3.63, 3.8) is 0 Å². The molecule has 1 aliphatic carbocycles. The van der Waals surface area contributed by atoms with Gasteiger partial charge in [-0.05, 0) is 48.9 Å². The molecule has 7 heteroatoms. The lowest BCUT2D eigenvalue weighted by molar-refractivity contribution is 0.1000. The summed E-state index contributed by atoms with van der Waals surface area (Å²) >= 11 is 4.52. The molecule has 3 N–H and O–H groups in total. The molecular weight excluding hydrogens is 395 g/mol. The summed E-state index contributed by atoms with van der Waals surface area (Å²) in [6, 6.07) is 4.22. The Kier molecular flexibility index (Phi) is 4.73. The number of primary amides is 1. The van der Waals surface area contributed by atoms with E-state index in [1.807, 2.05) is 0 Å². The minimum absolute atomic E-state index is 0.0756. The Bertz CT molecular complexity index is 834. The van der Waals surface area contributed by atoms with E-state index >= 15 is 0 Å². The van der Waals surface area contributed by atoms with Gasteiger partial charge in [0.1, 0.15) is 10.8 Å². The zero-order valence-corrected chi connectivity index (χ0v) is 15.4. The van der Waals surface area contributed by atoms with Crippen LogP contribution < -0.4 is 11.1 Å². The summed E-state index contributed by atoms with van der Waals surface area (Å²) in [6.07, 6.45) is 2.68. The third kappa shape index (κ3) is 3.23. The predicted molar refractivity (Wildman–Crippen MR) is 96.1 cm³/mol. The minimum atomic E-state index is -0.627. The molecule has 0 saturated carbocycles. The fraction of sp³-hybridized carbons (Fsp3) is 0.294. The average Bonchev–Trinajstić information content (AvgIpc) is 2.84. The molecule has 0 saturated heterocycles. The summed E-state index contributed by atoms with van der Waals surface area (Å²) in [6.45, 7) is 2.13. The van der Waals surface area contributed by atoms with Crippen molar-refractivity contribution in [2.75, 3.05) is 5.32 Å². The van der Waals surface area contributed by atoms with Gasteiger partial charge >= 0.3 is 0 Å². The second-order valence-electron chi connectivity index (χ2n) is 6.00. The van der Waals surface area contributed by atoms with Crippen molar-refractivity contribution in [3.8, 4) is 0 Å². The van der Waals surface area contributed by atoms with E-state index in [4.69, 9.17) is 5.73 Å². The number of thiophene rings is 1. The highest BCUT2D eigenvalue weighted by Crippen LogP contribution is 2.39. The molecule has 1 aromatic heterocycles. The molecular formula is C17H16BrFN2O2S. The molecule has 3 rings (SSSR count). The van der Waals surface area contributed by atoms with E-state index in [0.717, 1.165) is 29.7 Å². The van der Waals surface area contributed by atoms with Crippen LogP contribution in [0.2, 0.25) is 0 Å². The van der Waals surface area contributed by atoms with Crippen LogP contribution in [0, 0.1) is 11.7 Å². The number of halogens is 2. The maximum Gasteiger partial charge on any atom is 0.259 e. The Morgan fingerprint density at radius 3 is 2.83 bits per heavy atom. The maximum absolute atomic E-state index is 14.0. The van der Waals surface area contributed by atoms with Gasteiger partial charge < -0.3 is 11.1 Å². The highest BCUT2D eigenvalue weighted by atomic mass is 79.9. The number of carbonyl (C=O) groups is 2. The van der Waals surface area contributed by atoms with Gasteiger partial charge in [0.2, 0.25) is 0 Å². The lowest BCUT2D eigenvalue weighted by Crippen LogP contribution is -2.20. The summed E-state index contributed by atoms with van der Waals surface area (Å²) in [5.74, 6) is -1.31. The van der Waals surface area contributed by atoms with Crippen LogP contribution in [0.3, 0.4) is 0 Å². The topological polar surface area (TPSA) is 72.2 Å². The van der Waals surface area contributed by atoms with Crippen molar-refractivity contribution < 1.29 is 14.0 Å². The van der Waals surface area contributed by atoms with Gasteiger partial charge in [-0.25, -0.2) is 4.39 Å². The predicted octanol–water partition coefficient (Wildman–Crippen LogP) is 4.13. The zero-order chi connectivity index (χ0) is 17.4. The van der Waals surface area contributed by atoms with Crippen molar-refractivity contribution >= 4 is 44.1 Å². The first-order valence-corrected chi connectivity index (χ1v) is 9.18. The third-order valence-corrected chi connectivity index (χ3v) is 5.86. The van der Waals surface area contributed by atoms with Crippen molar-refractivity contribution in [1.29, 1.82) is 0 Å². The Hall–Kier alpha value is -1.73. The van der Waals surface area contributed by atoms with Crippen molar-refractivity contribution in [2.45, 2.75) is 26.2 Å². The van der Waals surface area contributed by atoms with Gasteiger partial charge in [0.15, 0.2) is 0 Å². The van der Waals surface area contributed by atoms with Crippen LogP contribution in [0.5, 0.6) is 0 Å². The Balaban J connectivity index is 1.95. The fourth-order valence-electron chi connectivity index (χ4n) is 2.95. The van der Waals surface area contributed by atoms with E-state index in [-0.39, 0.29) is 5.56 Å². The summed E-state index contributed by atoms with van der Waals surface area (Å²) < 4.78 is 14.5. The number of hydrogen-bond donors (Lipinski definition) is 2. The summed E-state index contributed by atoms with van der Waals surface area (Å²) in [4.78, 5) is 25.4. The first-order valence-electron chi connectivity index (χ1n) is 7.57. The Morgan fingerprint density at radius 1 is 1.42 bits per heavy atom. The molecule has 0 spiro atoms. The molecule has 1 aromatic carbocycles.